The SMILES string of the molecule is Cn1cc(C(N)C(=O)NC(C)(C)CC(N)=O)cn1. The van der Waals surface area contributed by atoms with Gasteiger partial charge in [0.1, 0.15) is 6.04 Å². The Morgan fingerprint density at radius 3 is 2.61 bits per heavy atom. The Labute approximate surface area is 106 Å². The van der Waals surface area contributed by atoms with Gasteiger partial charge in [0.15, 0.2) is 0 Å². The summed E-state index contributed by atoms with van der Waals surface area (Å²) in [7, 11) is 1.74. The lowest BCUT2D eigenvalue weighted by atomic mass is 9.99. The monoisotopic (exact) mass is 253 g/mol. The lowest BCUT2D eigenvalue weighted by Gasteiger charge is -2.26. The molecule has 5 N–H and O–H groups in total. The zero-order chi connectivity index (χ0) is 13.9. The van der Waals surface area contributed by atoms with Gasteiger partial charge >= 0.3 is 0 Å². The Bertz CT molecular complexity index is 452. The first kappa shape index (κ1) is 14.2. The number of primary amides is 1. The molecule has 1 atom stereocenters. The van der Waals surface area contributed by atoms with Crippen molar-refractivity contribution in [2.75, 3.05) is 0 Å². The Kier molecular flexibility index (Phi) is 4.07. The molecular formula is C11H19N5O2. The summed E-state index contributed by atoms with van der Waals surface area (Å²) in [6.45, 7) is 3.43. The standard InChI is InChI=1S/C11H19N5O2/c1-11(2,4-8(12)17)15-10(18)9(13)7-5-14-16(3)6-7/h5-6,9H,4,13H2,1-3H3,(H2,12,17)(H,15,18). The van der Waals surface area contributed by atoms with E-state index in [1.54, 1.807) is 31.8 Å². The van der Waals surface area contributed by atoms with Gasteiger partial charge in [-0.1, -0.05) is 0 Å². The van der Waals surface area contributed by atoms with E-state index in [4.69, 9.17) is 11.5 Å². The number of carbonyl (C=O) groups is 2. The number of hydrogen-bond acceptors (Lipinski definition) is 4. The van der Waals surface area contributed by atoms with Crippen LogP contribution in [0.2, 0.25) is 0 Å². The summed E-state index contributed by atoms with van der Waals surface area (Å²) in [5, 5.41) is 6.64. The number of aromatic nitrogens is 2. The molecule has 0 saturated carbocycles. The summed E-state index contributed by atoms with van der Waals surface area (Å²) in [4.78, 5) is 22.8. The molecule has 18 heavy (non-hydrogen) atoms. The quantitative estimate of drug-likeness (QED) is 0.636. The number of nitrogens with zero attached hydrogens (tertiary/aromatic N) is 2. The predicted octanol–water partition coefficient (Wildman–Crippen LogP) is -0.810. The van der Waals surface area contributed by atoms with Gasteiger partial charge in [-0.25, -0.2) is 0 Å². The highest BCUT2D eigenvalue weighted by atomic mass is 16.2. The third-order valence-corrected chi connectivity index (χ3v) is 2.44. The maximum absolute atomic E-state index is 11.9. The normalized spacial score (nSPS) is 13.1. The van der Waals surface area contributed by atoms with Crippen LogP contribution in [0.15, 0.2) is 12.4 Å². The van der Waals surface area contributed by atoms with Crippen molar-refractivity contribution in [3.05, 3.63) is 18.0 Å². The molecule has 1 heterocycles. The van der Waals surface area contributed by atoms with Crippen molar-refractivity contribution < 1.29 is 9.59 Å². The van der Waals surface area contributed by atoms with Gasteiger partial charge in [0, 0.05) is 30.8 Å². The van der Waals surface area contributed by atoms with E-state index in [2.05, 4.69) is 10.4 Å². The minimum Gasteiger partial charge on any atom is -0.370 e. The minimum absolute atomic E-state index is 0.0541. The molecule has 1 aromatic rings. The van der Waals surface area contributed by atoms with E-state index in [1.165, 1.54) is 6.20 Å². The molecule has 0 aliphatic carbocycles. The first-order valence-electron chi connectivity index (χ1n) is 5.56. The summed E-state index contributed by atoms with van der Waals surface area (Å²) >= 11 is 0. The van der Waals surface area contributed by atoms with Crippen LogP contribution in [0, 0.1) is 0 Å². The molecule has 0 aromatic carbocycles. The van der Waals surface area contributed by atoms with Gasteiger partial charge in [0.05, 0.1) is 6.20 Å². The second-order valence-corrected chi connectivity index (χ2v) is 4.94. The van der Waals surface area contributed by atoms with Gasteiger partial charge in [-0.3, -0.25) is 14.3 Å². The molecule has 0 saturated heterocycles. The van der Waals surface area contributed by atoms with E-state index in [1.807, 2.05) is 0 Å². The minimum atomic E-state index is -0.814. The van der Waals surface area contributed by atoms with Gasteiger partial charge in [-0.2, -0.15) is 5.10 Å². The smallest absolute Gasteiger partial charge is 0.242 e. The average Bonchev–Trinajstić information content (AvgIpc) is 2.60. The second kappa shape index (κ2) is 5.18. The van der Waals surface area contributed by atoms with Crippen LogP contribution in [0.25, 0.3) is 0 Å². The summed E-state index contributed by atoms with van der Waals surface area (Å²) in [5.41, 5.74) is 10.8. The maximum Gasteiger partial charge on any atom is 0.242 e. The molecule has 7 heteroatoms. The van der Waals surface area contributed by atoms with E-state index in [-0.39, 0.29) is 12.3 Å². The first-order chi connectivity index (χ1) is 8.21. The fourth-order valence-corrected chi connectivity index (χ4v) is 1.64. The molecule has 0 spiro atoms. The number of amides is 2. The van der Waals surface area contributed by atoms with Gasteiger partial charge in [-0.05, 0) is 13.8 Å². The summed E-state index contributed by atoms with van der Waals surface area (Å²) in [6, 6.07) is -0.814. The molecule has 0 bridgehead atoms. The van der Waals surface area contributed by atoms with Crippen molar-refractivity contribution in [3.8, 4) is 0 Å². The number of nitrogens with two attached hydrogens (primary N) is 2. The number of carbonyl (C=O) groups excluding carboxylic acids is 2. The van der Waals surface area contributed by atoms with Crippen LogP contribution in [-0.2, 0) is 16.6 Å². The Balaban J connectivity index is 2.68. The summed E-state index contributed by atoms with van der Waals surface area (Å²) in [6.07, 6.45) is 3.26. The lowest BCUT2D eigenvalue weighted by molar-refractivity contribution is -0.125. The van der Waals surface area contributed by atoms with Crippen molar-refractivity contribution >= 4 is 11.8 Å². The average molecular weight is 253 g/mol. The van der Waals surface area contributed by atoms with Crippen LogP contribution in [-0.4, -0.2) is 27.1 Å². The van der Waals surface area contributed by atoms with E-state index in [9.17, 15) is 9.59 Å². The molecule has 0 aliphatic heterocycles. The van der Waals surface area contributed by atoms with Gasteiger partial charge in [-0.15, -0.1) is 0 Å². The molecule has 7 nitrogen and oxygen atoms in total. The van der Waals surface area contributed by atoms with Crippen molar-refractivity contribution in [2.24, 2.45) is 18.5 Å². The van der Waals surface area contributed by atoms with E-state index < -0.39 is 17.5 Å². The highest BCUT2D eigenvalue weighted by Gasteiger charge is 2.26. The van der Waals surface area contributed by atoms with Crippen LogP contribution in [0.3, 0.4) is 0 Å². The van der Waals surface area contributed by atoms with Crippen LogP contribution in [0.1, 0.15) is 31.9 Å². The van der Waals surface area contributed by atoms with Gasteiger partial charge in [0.25, 0.3) is 0 Å². The molecule has 2 amide bonds. The Hall–Kier alpha value is -1.89. The molecule has 0 aliphatic rings. The predicted molar refractivity (Wildman–Crippen MR) is 66.2 cm³/mol. The van der Waals surface area contributed by atoms with Crippen molar-refractivity contribution in [1.82, 2.24) is 15.1 Å². The summed E-state index contributed by atoms with van der Waals surface area (Å²) < 4.78 is 1.57. The molecule has 0 fully saturated rings. The van der Waals surface area contributed by atoms with E-state index in [0.717, 1.165) is 0 Å². The first-order valence-corrected chi connectivity index (χ1v) is 5.56. The van der Waals surface area contributed by atoms with E-state index in [0.29, 0.717) is 5.56 Å². The van der Waals surface area contributed by atoms with Crippen molar-refractivity contribution in [3.63, 3.8) is 0 Å². The molecule has 1 aromatic heterocycles. The topological polar surface area (TPSA) is 116 Å². The maximum atomic E-state index is 11.9. The highest BCUT2D eigenvalue weighted by Crippen LogP contribution is 2.13. The number of rotatable bonds is 5. The van der Waals surface area contributed by atoms with E-state index >= 15 is 0 Å². The van der Waals surface area contributed by atoms with Gasteiger partial charge < -0.3 is 16.8 Å². The Morgan fingerprint density at radius 1 is 1.56 bits per heavy atom. The summed E-state index contributed by atoms with van der Waals surface area (Å²) in [5.74, 6) is -0.843. The lowest BCUT2D eigenvalue weighted by Crippen LogP contribution is -2.49. The fraction of sp³-hybridized carbons (Fsp3) is 0.545. The van der Waals surface area contributed by atoms with Crippen molar-refractivity contribution in [1.29, 1.82) is 0 Å². The number of hydrogen-bond donors (Lipinski definition) is 3. The van der Waals surface area contributed by atoms with Crippen LogP contribution in [0.5, 0.6) is 0 Å². The third-order valence-electron chi connectivity index (χ3n) is 2.44. The zero-order valence-corrected chi connectivity index (χ0v) is 10.8. The molecule has 1 rings (SSSR count). The number of nitrogens with one attached hydrogen (secondary N) is 1. The van der Waals surface area contributed by atoms with Crippen LogP contribution < -0.4 is 16.8 Å². The highest BCUT2D eigenvalue weighted by molar-refractivity contribution is 5.84. The molecule has 1 unspecified atom stereocenters. The second-order valence-electron chi connectivity index (χ2n) is 4.94. The Morgan fingerprint density at radius 2 is 2.17 bits per heavy atom. The van der Waals surface area contributed by atoms with Crippen LogP contribution in [0.4, 0.5) is 0 Å². The molecule has 100 valence electrons. The van der Waals surface area contributed by atoms with Gasteiger partial charge in [0.2, 0.25) is 11.8 Å². The van der Waals surface area contributed by atoms with Crippen molar-refractivity contribution in [2.45, 2.75) is 31.8 Å². The third kappa shape index (κ3) is 3.85. The largest absolute Gasteiger partial charge is 0.370 e. The van der Waals surface area contributed by atoms with Crippen LogP contribution >= 0.6 is 0 Å². The number of aryl methyl sites for hydroxylation is 1. The molecule has 0 radical (unpaired) electrons. The fourth-order valence-electron chi connectivity index (χ4n) is 1.64. The molecular weight excluding hydrogens is 234 g/mol. The zero-order valence-electron chi connectivity index (χ0n) is 10.8.